The maximum atomic E-state index is 9.50. The molecule has 0 aliphatic carbocycles. The van der Waals surface area contributed by atoms with E-state index >= 15 is 0 Å². The highest BCUT2D eigenvalue weighted by atomic mass is 15.3. The molecule has 3 atom stereocenters. The van der Waals surface area contributed by atoms with E-state index in [1.54, 1.807) is 6.20 Å². The molecule has 3 unspecified atom stereocenters. The summed E-state index contributed by atoms with van der Waals surface area (Å²) in [6, 6.07) is 18.7. The van der Waals surface area contributed by atoms with Gasteiger partial charge in [-0.3, -0.25) is 9.88 Å². The molecule has 2 N–H and O–H groups in total. The number of anilines is 2. The van der Waals surface area contributed by atoms with Crippen molar-refractivity contribution >= 4 is 22.3 Å². The number of nitrogens with zero attached hydrogens (tertiary/aromatic N) is 4. The monoisotopic (exact) mass is 424 g/mol. The van der Waals surface area contributed by atoms with E-state index in [-0.39, 0.29) is 0 Å². The molecule has 3 aliphatic heterocycles. The van der Waals surface area contributed by atoms with Gasteiger partial charge < -0.3 is 15.5 Å². The number of fused-ring (bicyclic) bond motifs is 4. The zero-order valence-corrected chi connectivity index (χ0v) is 18.4. The first-order valence-electron chi connectivity index (χ1n) is 11.6. The summed E-state index contributed by atoms with van der Waals surface area (Å²) in [6.07, 6.45) is 2.96. The molecule has 3 aliphatic rings. The highest BCUT2D eigenvalue weighted by Crippen LogP contribution is 2.42. The van der Waals surface area contributed by atoms with Crippen molar-refractivity contribution in [2.75, 3.05) is 36.4 Å². The quantitative estimate of drug-likeness (QED) is 0.669. The molecule has 6 rings (SSSR count). The van der Waals surface area contributed by atoms with Crippen LogP contribution in [0.1, 0.15) is 36.1 Å². The summed E-state index contributed by atoms with van der Waals surface area (Å²) in [5, 5.41) is 17.7. The molecule has 0 spiro atoms. The van der Waals surface area contributed by atoms with E-state index in [4.69, 9.17) is 0 Å². The van der Waals surface area contributed by atoms with Crippen LogP contribution in [-0.2, 0) is 6.54 Å². The fourth-order valence-corrected chi connectivity index (χ4v) is 5.75. The second-order valence-electron chi connectivity index (χ2n) is 9.33. The molecular weight excluding hydrogens is 396 g/mol. The number of nitriles is 1. The third kappa shape index (κ3) is 3.21. The smallest absolute Gasteiger partial charge is 0.101 e. The predicted octanol–water partition coefficient (Wildman–Crippen LogP) is 3.65. The summed E-state index contributed by atoms with van der Waals surface area (Å²) in [6.45, 7) is 7.42. The van der Waals surface area contributed by atoms with Gasteiger partial charge in [-0.25, -0.2) is 0 Å². The van der Waals surface area contributed by atoms with Crippen LogP contribution in [-0.4, -0.2) is 48.1 Å². The Bertz CT molecular complexity index is 1210. The van der Waals surface area contributed by atoms with Crippen LogP contribution in [0.15, 0.2) is 48.7 Å². The van der Waals surface area contributed by atoms with Gasteiger partial charge in [-0.1, -0.05) is 6.07 Å². The molecule has 32 heavy (non-hydrogen) atoms. The lowest BCUT2D eigenvalue weighted by atomic mass is 9.99. The zero-order valence-electron chi connectivity index (χ0n) is 18.4. The fourth-order valence-electron chi connectivity index (χ4n) is 5.75. The number of hydrogen-bond acceptors (Lipinski definition) is 6. The van der Waals surface area contributed by atoms with Gasteiger partial charge in [0.15, 0.2) is 0 Å². The number of aromatic nitrogens is 1. The largest absolute Gasteiger partial charge is 0.381 e. The molecule has 0 radical (unpaired) electrons. The molecule has 2 saturated heterocycles. The highest BCUT2D eigenvalue weighted by Gasteiger charge is 2.39. The summed E-state index contributed by atoms with van der Waals surface area (Å²) in [5.41, 5.74) is 6.76. The van der Waals surface area contributed by atoms with Crippen LogP contribution in [0.4, 0.5) is 11.4 Å². The molecule has 0 bridgehead atoms. The van der Waals surface area contributed by atoms with Gasteiger partial charge in [0.25, 0.3) is 0 Å². The Kier molecular flexibility index (Phi) is 4.74. The minimum atomic E-state index is 0.387. The maximum Gasteiger partial charge on any atom is 0.101 e. The molecular formula is C26H28N6. The molecule has 2 aromatic carbocycles. The van der Waals surface area contributed by atoms with Gasteiger partial charge in [-0.05, 0) is 67.4 Å². The number of piperazine rings is 1. The topological polar surface area (TPSA) is 67.2 Å². The number of hydrogen-bond donors (Lipinski definition) is 2. The van der Waals surface area contributed by atoms with Crippen molar-refractivity contribution in [2.45, 2.75) is 38.0 Å². The van der Waals surface area contributed by atoms with E-state index in [0.29, 0.717) is 23.7 Å². The van der Waals surface area contributed by atoms with E-state index < -0.39 is 0 Å². The summed E-state index contributed by atoms with van der Waals surface area (Å²) in [4.78, 5) is 9.64. The van der Waals surface area contributed by atoms with E-state index in [0.717, 1.165) is 43.6 Å². The number of rotatable bonds is 3. The predicted molar refractivity (Wildman–Crippen MR) is 128 cm³/mol. The lowest BCUT2D eigenvalue weighted by molar-refractivity contribution is 0.134. The van der Waals surface area contributed by atoms with Crippen LogP contribution in [0.5, 0.6) is 0 Å². The second kappa shape index (κ2) is 7.77. The van der Waals surface area contributed by atoms with Gasteiger partial charge in [0.2, 0.25) is 0 Å². The Hall–Kier alpha value is -3.14. The minimum Gasteiger partial charge on any atom is -0.381 e. The van der Waals surface area contributed by atoms with Gasteiger partial charge in [-0.2, -0.15) is 5.26 Å². The Morgan fingerprint density at radius 3 is 2.97 bits per heavy atom. The Morgan fingerprint density at radius 2 is 2.12 bits per heavy atom. The van der Waals surface area contributed by atoms with E-state index in [1.807, 2.05) is 12.1 Å². The summed E-state index contributed by atoms with van der Waals surface area (Å²) in [5.74, 6) is 0. The Morgan fingerprint density at radius 1 is 1.19 bits per heavy atom. The summed E-state index contributed by atoms with van der Waals surface area (Å²) >= 11 is 0. The molecule has 6 heteroatoms. The first kappa shape index (κ1) is 19.5. The number of pyridine rings is 1. The van der Waals surface area contributed by atoms with Crippen molar-refractivity contribution in [3.05, 3.63) is 65.4 Å². The SMILES string of the molecule is CC1CN(c2ccc(C#N)c3ncccc23)CC2c3ccc(NC4CCNC4)cc3CN12. The third-order valence-electron chi connectivity index (χ3n) is 7.34. The molecule has 1 aromatic heterocycles. The highest BCUT2D eigenvalue weighted by molar-refractivity contribution is 5.95. The average molecular weight is 425 g/mol. The van der Waals surface area contributed by atoms with Crippen molar-refractivity contribution in [1.29, 1.82) is 5.26 Å². The van der Waals surface area contributed by atoms with Gasteiger partial charge in [0.05, 0.1) is 17.1 Å². The molecule has 0 amide bonds. The van der Waals surface area contributed by atoms with Gasteiger partial charge in [0.1, 0.15) is 6.07 Å². The lowest BCUT2D eigenvalue weighted by Crippen LogP contribution is -2.51. The van der Waals surface area contributed by atoms with Crippen molar-refractivity contribution in [2.24, 2.45) is 0 Å². The van der Waals surface area contributed by atoms with Crippen molar-refractivity contribution in [3.8, 4) is 6.07 Å². The van der Waals surface area contributed by atoms with Gasteiger partial charge in [0, 0.05) is 61.2 Å². The Labute approximate surface area is 188 Å². The number of benzene rings is 2. The average Bonchev–Trinajstić information content (AvgIpc) is 3.46. The molecule has 162 valence electrons. The van der Waals surface area contributed by atoms with Crippen molar-refractivity contribution in [1.82, 2.24) is 15.2 Å². The van der Waals surface area contributed by atoms with Crippen molar-refractivity contribution in [3.63, 3.8) is 0 Å². The molecule has 4 heterocycles. The molecule has 6 nitrogen and oxygen atoms in total. The Balaban J connectivity index is 1.31. The standard InChI is InChI=1S/C26H28N6/c1-17-14-31(24-7-4-18(12-27)26-23(24)3-2-9-29-26)16-25-22-6-5-20(11-19(22)15-32(17)25)30-21-8-10-28-13-21/h2-7,9,11,17,21,25,28,30H,8,10,13-16H2,1H3. The van der Waals surface area contributed by atoms with Crippen LogP contribution < -0.4 is 15.5 Å². The van der Waals surface area contributed by atoms with Gasteiger partial charge >= 0.3 is 0 Å². The van der Waals surface area contributed by atoms with Crippen LogP contribution in [0.25, 0.3) is 10.9 Å². The zero-order chi connectivity index (χ0) is 21.7. The lowest BCUT2D eigenvalue weighted by Gasteiger charge is -2.43. The van der Waals surface area contributed by atoms with E-state index in [9.17, 15) is 5.26 Å². The van der Waals surface area contributed by atoms with Crippen LogP contribution in [0.3, 0.4) is 0 Å². The third-order valence-corrected chi connectivity index (χ3v) is 7.34. The second-order valence-corrected chi connectivity index (χ2v) is 9.33. The maximum absolute atomic E-state index is 9.50. The normalized spacial score (nSPS) is 24.9. The van der Waals surface area contributed by atoms with Crippen molar-refractivity contribution < 1.29 is 0 Å². The minimum absolute atomic E-state index is 0.387. The number of nitrogens with one attached hydrogen (secondary N) is 2. The van der Waals surface area contributed by atoms with Gasteiger partial charge in [-0.15, -0.1) is 0 Å². The molecule has 3 aromatic rings. The summed E-state index contributed by atoms with van der Waals surface area (Å²) < 4.78 is 0. The van der Waals surface area contributed by atoms with Crippen LogP contribution in [0.2, 0.25) is 0 Å². The van der Waals surface area contributed by atoms with E-state index in [2.05, 4.69) is 68.7 Å². The van der Waals surface area contributed by atoms with E-state index in [1.165, 1.54) is 28.9 Å². The first-order chi connectivity index (χ1) is 15.7. The fraction of sp³-hybridized carbons (Fsp3) is 0.385. The van der Waals surface area contributed by atoms with Crippen LogP contribution in [0, 0.1) is 11.3 Å². The molecule has 2 fully saturated rings. The first-order valence-corrected chi connectivity index (χ1v) is 11.6. The van der Waals surface area contributed by atoms with Crippen LogP contribution >= 0.6 is 0 Å². The summed E-state index contributed by atoms with van der Waals surface area (Å²) in [7, 11) is 0. The molecule has 0 saturated carbocycles.